The summed E-state index contributed by atoms with van der Waals surface area (Å²) in [5.41, 5.74) is 0.687. The third-order valence-electron chi connectivity index (χ3n) is 4.10. The monoisotopic (exact) mass is 290 g/mol. The molecule has 1 fully saturated rings. The predicted octanol–water partition coefficient (Wildman–Crippen LogP) is 1.63. The molecule has 0 saturated carbocycles. The Kier molecular flexibility index (Phi) is 4.41. The Morgan fingerprint density at radius 2 is 2.00 bits per heavy atom. The number of rotatable bonds is 6. The summed E-state index contributed by atoms with van der Waals surface area (Å²) in [5.74, 6) is 1.51. The highest BCUT2D eigenvalue weighted by Crippen LogP contribution is 2.32. The quantitative estimate of drug-likeness (QED) is 0.745. The van der Waals surface area contributed by atoms with Crippen molar-refractivity contribution >= 4 is 5.78 Å². The lowest BCUT2D eigenvalue weighted by atomic mass is 10.1. The zero-order valence-electron chi connectivity index (χ0n) is 12.5. The summed E-state index contributed by atoms with van der Waals surface area (Å²) >= 11 is 0. The van der Waals surface area contributed by atoms with Crippen LogP contribution in [0.1, 0.15) is 23.2 Å². The molecule has 21 heavy (non-hydrogen) atoms. The van der Waals surface area contributed by atoms with Crippen LogP contribution in [-0.4, -0.2) is 62.1 Å². The van der Waals surface area contributed by atoms with E-state index in [1.165, 1.54) is 25.9 Å². The van der Waals surface area contributed by atoms with Crippen LogP contribution in [0.2, 0.25) is 0 Å². The van der Waals surface area contributed by atoms with Gasteiger partial charge in [0.2, 0.25) is 6.79 Å². The molecule has 1 aromatic rings. The molecule has 0 unspecified atom stereocenters. The standard InChI is InChI=1S/C16H22N2O3/c1-17(8-9-18-6-2-3-7-18)11-14(19)13-4-5-15-16(10-13)21-12-20-15/h4-5,10H,2-3,6-9,11-12H2,1H3. The molecule has 2 heterocycles. The first kappa shape index (κ1) is 14.4. The molecule has 5 heteroatoms. The topological polar surface area (TPSA) is 42.0 Å². The number of ether oxygens (including phenoxy) is 2. The summed E-state index contributed by atoms with van der Waals surface area (Å²) in [7, 11) is 2.00. The fourth-order valence-corrected chi connectivity index (χ4v) is 2.80. The number of ketones is 1. The molecular weight excluding hydrogens is 268 g/mol. The number of carbonyl (C=O) groups is 1. The molecular formula is C16H22N2O3. The van der Waals surface area contributed by atoms with Crippen molar-refractivity contribution in [2.75, 3.05) is 46.6 Å². The summed E-state index contributed by atoms with van der Waals surface area (Å²) < 4.78 is 10.6. The Morgan fingerprint density at radius 1 is 1.24 bits per heavy atom. The van der Waals surface area contributed by atoms with Crippen molar-refractivity contribution in [2.45, 2.75) is 12.8 Å². The maximum Gasteiger partial charge on any atom is 0.231 e. The first-order valence-corrected chi connectivity index (χ1v) is 7.56. The van der Waals surface area contributed by atoms with Crippen molar-refractivity contribution in [3.05, 3.63) is 23.8 Å². The Hall–Kier alpha value is -1.59. The van der Waals surface area contributed by atoms with Gasteiger partial charge in [-0.05, 0) is 51.2 Å². The summed E-state index contributed by atoms with van der Waals surface area (Å²) in [5, 5.41) is 0. The van der Waals surface area contributed by atoms with E-state index in [4.69, 9.17) is 9.47 Å². The van der Waals surface area contributed by atoms with E-state index >= 15 is 0 Å². The third-order valence-corrected chi connectivity index (χ3v) is 4.10. The zero-order chi connectivity index (χ0) is 14.7. The molecule has 1 saturated heterocycles. The van der Waals surface area contributed by atoms with E-state index < -0.39 is 0 Å². The number of carbonyl (C=O) groups excluding carboxylic acids is 1. The molecule has 2 aliphatic rings. The van der Waals surface area contributed by atoms with Crippen molar-refractivity contribution < 1.29 is 14.3 Å². The molecule has 0 N–H and O–H groups in total. The van der Waals surface area contributed by atoms with Crippen LogP contribution < -0.4 is 9.47 Å². The second-order valence-electron chi connectivity index (χ2n) is 5.78. The maximum atomic E-state index is 12.3. The van der Waals surface area contributed by atoms with Crippen LogP contribution in [0, 0.1) is 0 Å². The van der Waals surface area contributed by atoms with Gasteiger partial charge in [0.1, 0.15) is 0 Å². The minimum atomic E-state index is 0.122. The summed E-state index contributed by atoms with van der Waals surface area (Å²) in [6.07, 6.45) is 2.61. The van der Waals surface area contributed by atoms with Crippen molar-refractivity contribution in [3.8, 4) is 11.5 Å². The molecule has 0 aromatic heterocycles. The first-order chi connectivity index (χ1) is 10.2. The highest BCUT2D eigenvalue weighted by Gasteiger charge is 2.17. The van der Waals surface area contributed by atoms with E-state index in [9.17, 15) is 4.79 Å². The number of fused-ring (bicyclic) bond motifs is 1. The van der Waals surface area contributed by atoms with Gasteiger partial charge in [-0.25, -0.2) is 0 Å². The Morgan fingerprint density at radius 3 is 2.81 bits per heavy atom. The lowest BCUT2D eigenvalue weighted by molar-refractivity contribution is 0.0940. The van der Waals surface area contributed by atoms with E-state index in [0.29, 0.717) is 23.6 Å². The largest absolute Gasteiger partial charge is 0.454 e. The van der Waals surface area contributed by atoms with E-state index in [2.05, 4.69) is 9.80 Å². The molecule has 114 valence electrons. The van der Waals surface area contributed by atoms with Gasteiger partial charge < -0.3 is 14.4 Å². The average Bonchev–Trinajstić information content (AvgIpc) is 3.15. The number of likely N-dealkylation sites (N-methyl/N-ethyl adjacent to an activating group) is 1. The molecule has 1 aromatic carbocycles. The van der Waals surface area contributed by atoms with E-state index in [-0.39, 0.29) is 12.6 Å². The van der Waals surface area contributed by atoms with Crippen LogP contribution in [0.3, 0.4) is 0 Å². The maximum absolute atomic E-state index is 12.3. The predicted molar refractivity (Wildman–Crippen MR) is 80.1 cm³/mol. The number of hydrogen-bond acceptors (Lipinski definition) is 5. The van der Waals surface area contributed by atoms with Crippen LogP contribution in [0.15, 0.2) is 18.2 Å². The fraction of sp³-hybridized carbons (Fsp3) is 0.562. The zero-order valence-corrected chi connectivity index (χ0v) is 12.5. The lowest BCUT2D eigenvalue weighted by Crippen LogP contribution is -2.34. The Bertz CT molecular complexity index is 512. The minimum absolute atomic E-state index is 0.122. The van der Waals surface area contributed by atoms with Gasteiger partial charge in [0.15, 0.2) is 17.3 Å². The van der Waals surface area contributed by atoms with Crippen molar-refractivity contribution in [3.63, 3.8) is 0 Å². The fourth-order valence-electron chi connectivity index (χ4n) is 2.80. The highest BCUT2D eigenvalue weighted by molar-refractivity contribution is 5.98. The summed E-state index contributed by atoms with van der Waals surface area (Å²) in [6, 6.07) is 5.39. The minimum Gasteiger partial charge on any atom is -0.454 e. The summed E-state index contributed by atoms with van der Waals surface area (Å²) in [6.45, 7) is 5.05. The molecule has 0 radical (unpaired) electrons. The third kappa shape index (κ3) is 3.54. The van der Waals surface area contributed by atoms with Gasteiger partial charge in [-0.3, -0.25) is 9.69 Å². The molecule has 2 aliphatic heterocycles. The van der Waals surface area contributed by atoms with Crippen molar-refractivity contribution in [1.29, 1.82) is 0 Å². The molecule has 5 nitrogen and oxygen atoms in total. The number of hydrogen-bond donors (Lipinski definition) is 0. The Labute approximate surface area is 125 Å². The van der Waals surface area contributed by atoms with Gasteiger partial charge in [-0.15, -0.1) is 0 Å². The number of likely N-dealkylation sites (tertiary alicyclic amines) is 1. The van der Waals surface area contributed by atoms with Gasteiger partial charge in [0, 0.05) is 18.7 Å². The van der Waals surface area contributed by atoms with Gasteiger partial charge in [0.05, 0.1) is 6.54 Å². The van der Waals surface area contributed by atoms with Crippen molar-refractivity contribution in [2.24, 2.45) is 0 Å². The van der Waals surface area contributed by atoms with Crippen LogP contribution in [0.4, 0.5) is 0 Å². The van der Waals surface area contributed by atoms with E-state index in [0.717, 1.165) is 13.1 Å². The van der Waals surface area contributed by atoms with Gasteiger partial charge in [-0.1, -0.05) is 0 Å². The summed E-state index contributed by atoms with van der Waals surface area (Å²) in [4.78, 5) is 16.8. The van der Waals surface area contributed by atoms with Crippen LogP contribution in [-0.2, 0) is 0 Å². The number of Topliss-reactive ketones (excluding diaryl/α,β-unsaturated/α-hetero) is 1. The second kappa shape index (κ2) is 6.45. The van der Waals surface area contributed by atoms with Crippen LogP contribution in [0.5, 0.6) is 11.5 Å². The number of benzene rings is 1. The lowest BCUT2D eigenvalue weighted by Gasteiger charge is -2.20. The SMILES string of the molecule is CN(CCN1CCCC1)CC(=O)c1ccc2c(c1)OCO2. The smallest absolute Gasteiger partial charge is 0.231 e. The first-order valence-electron chi connectivity index (χ1n) is 7.56. The normalized spacial score (nSPS) is 17.6. The average molecular weight is 290 g/mol. The Balaban J connectivity index is 1.50. The van der Waals surface area contributed by atoms with Crippen molar-refractivity contribution in [1.82, 2.24) is 9.80 Å². The van der Waals surface area contributed by atoms with E-state index in [1.54, 1.807) is 12.1 Å². The van der Waals surface area contributed by atoms with Crippen LogP contribution >= 0.6 is 0 Å². The van der Waals surface area contributed by atoms with Gasteiger partial charge in [-0.2, -0.15) is 0 Å². The van der Waals surface area contributed by atoms with Gasteiger partial charge >= 0.3 is 0 Å². The van der Waals surface area contributed by atoms with Crippen LogP contribution in [0.25, 0.3) is 0 Å². The molecule has 3 rings (SSSR count). The molecule has 0 bridgehead atoms. The molecule has 0 atom stereocenters. The second-order valence-corrected chi connectivity index (χ2v) is 5.78. The highest BCUT2D eigenvalue weighted by atomic mass is 16.7. The molecule has 0 amide bonds. The van der Waals surface area contributed by atoms with E-state index in [1.807, 2.05) is 13.1 Å². The molecule has 0 aliphatic carbocycles. The molecule has 0 spiro atoms. The number of nitrogens with zero attached hydrogens (tertiary/aromatic N) is 2. The van der Waals surface area contributed by atoms with Gasteiger partial charge in [0.25, 0.3) is 0 Å².